The van der Waals surface area contributed by atoms with Crippen LogP contribution in [0.1, 0.15) is 36.8 Å². The van der Waals surface area contributed by atoms with Gasteiger partial charge in [0.2, 0.25) is 5.96 Å². The SMILES string of the molecule is COC1CCC2(CC1)Cc1ccc(-c3ccc(F)c(Cl)c3)cc1C21N=C(N)N(C)S1. The molecule has 1 heterocycles. The maximum Gasteiger partial charge on any atom is 0.203 e. The number of ether oxygens (including phenoxy) is 1. The number of hydrogen-bond acceptors (Lipinski definition) is 5. The topological polar surface area (TPSA) is 50.9 Å². The van der Waals surface area contributed by atoms with Crippen molar-refractivity contribution in [2.75, 3.05) is 14.2 Å². The van der Waals surface area contributed by atoms with E-state index in [9.17, 15) is 4.39 Å². The molecule has 2 N–H and O–H groups in total. The zero-order chi connectivity index (χ0) is 21.1. The molecule has 7 heteroatoms. The monoisotopic (exact) mass is 445 g/mol. The van der Waals surface area contributed by atoms with Gasteiger partial charge in [-0.1, -0.05) is 29.8 Å². The van der Waals surface area contributed by atoms with E-state index in [1.165, 1.54) is 17.2 Å². The second kappa shape index (κ2) is 7.14. The molecule has 1 atom stereocenters. The molecular formula is C23H25ClFN3OS. The molecule has 5 rings (SSSR count). The van der Waals surface area contributed by atoms with Gasteiger partial charge in [0.15, 0.2) is 4.87 Å². The zero-order valence-electron chi connectivity index (χ0n) is 17.1. The smallest absolute Gasteiger partial charge is 0.203 e. The molecule has 158 valence electrons. The molecule has 3 aliphatic rings. The summed E-state index contributed by atoms with van der Waals surface area (Å²) in [5.41, 5.74) is 10.8. The van der Waals surface area contributed by atoms with E-state index in [-0.39, 0.29) is 10.4 Å². The first-order valence-electron chi connectivity index (χ1n) is 10.3. The van der Waals surface area contributed by atoms with Crippen molar-refractivity contribution < 1.29 is 9.13 Å². The largest absolute Gasteiger partial charge is 0.381 e. The molecule has 0 saturated heterocycles. The standard InChI is InChI=1S/C23H25ClFN3OS/c1-28-21(26)27-23(30-28)18-11-14(15-5-6-20(25)19(24)12-15)3-4-16(18)13-22(23)9-7-17(29-2)8-10-22/h3-6,11-12,17H,7-10,13H2,1-2H3,(H2,26,27). The minimum Gasteiger partial charge on any atom is -0.381 e. The van der Waals surface area contributed by atoms with E-state index in [1.54, 1.807) is 31.2 Å². The Morgan fingerprint density at radius 1 is 1.20 bits per heavy atom. The van der Waals surface area contributed by atoms with E-state index in [0.717, 1.165) is 43.2 Å². The average Bonchev–Trinajstić information content (AvgIpc) is 3.18. The van der Waals surface area contributed by atoms with Gasteiger partial charge in [0, 0.05) is 19.6 Å². The highest BCUT2D eigenvalue weighted by atomic mass is 35.5. The van der Waals surface area contributed by atoms with Crippen LogP contribution in [0, 0.1) is 11.2 Å². The fourth-order valence-corrected chi connectivity index (χ4v) is 6.99. The van der Waals surface area contributed by atoms with E-state index in [0.29, 0.717) is 12.1 Å². The molecule has 4 nitrogen and oxygen atoms in total. The minimum atomic E-state index is -0.431. The Bertz CT molecular complexity index is 1040. The van der Waals surface area contributed by atoms with Gasteiger partial charge in [0.05, 0.1) is 11.1 Å². The maximum atomic E-state index is 13.7. The van der Waals surface area contributed by atoms with E-state index in [1.807, 2.05) is 11.4 Å². The van der Waals surface area contributed by atoms with E-state index >= 15 is 0 Å². The van der Waals surface area contributed by atoms with Crippen molar-refractivity contribution in [3.05, 3.63) is 58.4 Å². The molecule has 2 aromatic carbocycles. The van der Waals surface area contributed by atoms with Gasteiger partial charge in [0.25, 0.3) is 0 Å². The molecule has 0 bridgehead atoms. The van der Waals surface area contributed by atoms with E-state index in [4.69, 9.17) is 27.1 Å². The van der Waals surface area contributed by atoms with Crippen molar-refractivity contribution in [2.24, 2.45) is 16.1 Å². The number of methoxy groups -OCH3 is 1. The first-order valence-corrected chi connectivity index (χ1v) is 11.4. The summed E-state index contributed by atoms with van der Waals surface area (Å²) in [4.78, 5) is 4.66. The Labute approximate surface area is 185 Å². The lowest BCUT2D eigenvalue weighted by Gasteiger charge is -2.45. The van der Waals surface area contributed by atoms with Crippen LogP contribution in [0.4, 0.5) is 4.39 Å². The molecule has 1 aliphatic heterocycles. The summed E-state index contributed by atoms with van der Waals surface area (Å²) >= 11 is 7.78. The summed E-state index contributed by atoms with van der Waals surface area (Å²) in [7, 11) is 3.78. The Balaban J connectivity index is 1.62. The quantitative estimate of drug-likeness (QED) is 0.634. The fraction of sp³-hybridized carbons (Fsp3) is 0.435. The van der Waals surface area contributed by atoms with Crippen LogP contribution in [-0.2, 0) is 16.0 Å². The summed E-state index contributed by atoms with van der Waals surface area (Å²) in [6.07, 6.45) is 5.48. The first kappa shape index (κ1) is 20.2. The average molecular weight is 446 g/mol. The predicted molar refractivity (Wildman–Crippen MR) is 121 cm³/mol. The summed E-state index contributed by atoms with van der Waals surface area (Å²) in [5.74, 6) is 0.161. The molecule has 2 aliphatic carbocycles. The second-order valence-electron chi connectivity index (χ2n) is 8.60. The van der Waals surface area contributed by atoms with Crippen molar-refractivity contribution >= 4 is 29.5 Å². The second-order valence-corrected chi connectivity index (χ2v) is 10.3. The molecule has 30 heavy (non-hydrogen) atoms. The third kappa shape index (κ3) is 2.88. The molecule has 1 saturated carbocycles. The zero-order valence-corrected chi connectivity index (χ0v) is 18.7. The lowest BCUT2D eigenvalue weighted by molar-refractivity contribution is 0.0159. The van der Waals surface area contributed by atoms with Crippen molar-refractivity contribution in [3.63, 3.8) is 0 Å². The maximum absolute atomic E-state index is 13.7. The lowest BCUT2D eigenvalue weighted by Crippen LogP contribution is -2.42. The summed E-state index contributed by atoms with van der Waals surface area (Å²) in [5, 5.41) is 0.134. The van der Waals surface area contributed by atoms with Crippen LogP contribution >= 0.6 is 23.5 Å². The van der Waals surface area contributed by atoms with E-state index in [2.05, 4.69) is 18.2 Å². The molecular weight excluding hydrogens is 421 g/mol. The van der Waals surface area contributed by atoms with Crippen LogP contribution in [0.3, 0.4) is 0 Å². The van der Waals surface area contributed by atoms with Crippen LogP contribution in [0.2, 0.25) is 5.02 Å². The van der Waals surface area contributed by atoms with Crippen LogP contribution < -0.4 is 5.73 Å². The number of nitrogens with two attached hydrogens (primary N) is 1. The van der Waals surface area contributed by atoms with Crippen molar-refractivity contribution in [2.45, 2.75) is 43.1 Å². The van der Waals surface area contributed by atoms with Gasteiger partial charge in [-0.3, -0.25) is 4.31 Å². The van der Waals surface area contributed by atoms with Crippen LogP contribution in [-0.4, -0.2) is 30.5 Å². The molecule has 0 radical (unpaired) electrons. The molecule has 2 spiro atoms. The summed E-state index contributed by atoms with van der Waals surface area (Å²) in [6.45, 7) is 0. The molecule has 0 aromatic heterocycles. The van der Waals surface area contributed by atoms with Crippen molar-refractivity contribution in [3.8, 4) is 11.1 Å². The third-order valence-electron chi connectivity index (χ3n) is 7.06. The number of halogens is 2. The van der Waals surface area contributed by atoms with Gasteiger partial charge in [-0.2, -0.15) is 0 Å². The van der Waals surface area contributed by atoms with Gasteiger partial charge in [-0.05, 0) is 84.5 Å². The number of aliphatic imine (C=N–C) groups is 1. The Morgan fingerprint density at radius 3 is 2.53 bits per heavy atom. The minimum absolute atomic E-state index is 0.0173. The number of hydrogen-bond donors (Lipinski definition) is 1. The van der Waals surface area contributed by atoms with Gasteiger partial charge in [-0.15, -0.1) is 0 Å². The predicted octanol–water partition coefficient (Wildman–Crippen LogP) is 5.34. The number of guanidine groups is 1. The van der Waals surface area contributed by atoms with Crippen molar-refractivity contribution in [1.29, 1.82) is 0 Å². The van der Waals surface area contributed by atoms with Gasteiger partial charge in [-0.25, -0.2) is 9.38 Å². The Morgan fingerprint density at radius 2 is 1.90 bits per heavy atom. The number of rotatable bonds is 2. The highest BCUT2D eigenvalue weighted by molar-refractivity contribution is 7.98. The van der Waals surface area contributed by atoms with Crippen LogP contribution in [0.5, 0.6) is 0 Å². The lowest BCUT2D eigenvalue weighted by atomic mass is 9.68. The van der Waals surface area contributed by atoms with E-state index < -0.39 is 10.7 Å². The normalized spacial score (nSPS) is 30.2. The molecule has 1 fully saturated rings. The number of fused-ring (bicyclic) bond motifs is 3. The van der Waals surface area contributed by atoms with Gasteiger partial charge >= 0.3 is 0 Å². The van der Waals surface area contributed by atoms with Crippen LogP contribution in [0.15, 0.2) is 41.4 Å². The Kier molecular flexibility index (Phi) is 4.80. The Hall–Kier alpha value is -1.76. The summed E-state index contributed by atoms with van der Waals surface area (Å²) in [6, 6.07) is 11.4. The summed E-state index contributed by atoms with van der Waals surface area (Å²) < 4.78 is 21.3. The van der Waals surface area contributed by atoms with Crippen molar-refractivity contribution in [1.82, 2.24) is 4.31 Å². The highest BCUT2D eigenvalue weighted by Crippen LogP contribution is 2.67. The molecule has 0 amide bonds. The number of benzene rings is 2. The number of nitrogens with zero attached hydrogens (tertiary/aromatic N) is 2. The molecule has 2 aromatic rings. The highest BCUT2D eigenvalue weighted by Gasteiger charge is 2.62. The van der Waals surface area contributed by atoms with Gasteiger partial charge in [0.1, 0.15) is 5.82 Å². The third-order valence-corrected chi connectivity index (χ3v) is 8.82. The fourth-order valence-electron chi connectivity index (χ4n) is 5.39. The van der Waals surface area contributed by atoms with Crippen LogP contribution in [0.25, 0.3) is 11.1 Å². The van der Waals surface area contributed by atoms with Gasteiger partial charge < -0.3 is 10.5 Å². The molecule has 1 unspecified atom stereocenters. The first-order chi connectivity index (χ1) is 14.4.